The van der Waals surface area contributed by atoms with E-state index >= 15 is 0 Å². The minimum Gasteiger partial charge on any atom is -0.266 e. The quantitative estimate of drug-likeness (QED) is 0.272. The second-order valence-electron chi connectivity index (χ2n) is 8.76. The van der Waals surface area contributed by atoms with Gasteiger partial charge in [-0.15, -0.1) is 11.3 Å². The molecule has 0 radical (unpaired) electrons. The molecule has 4 aromatic rings. The van der Waals surface area contributed by atoms with E-state index in [4.69, 9.17) is 0 Å². The standard InChI is InChI=1S/C27H28N4OS/c1-18(20-13-15-22(16-14-20)21-9-5-3-6-10-21)28-29-26(32)25-17-24-19(2)30-31(27(24)33-25)23-11-7-4-8-12-23/h4,7-8,11-17,21H,3,5-6,9-10H2,1-2H3,(H,29,32). The number of carbonyl (C=O) groups excluding carboxylic acids is 1. The third-order valence-electron chi connectivity index (χ3n) is 6.50. The van der Waals surface area contributed by atoms with Gasteiger partial charge in [-0.3, -0.25) is 4.79 Å². The number of aryl methyl sites for hydroxylation is 1. The van der Waals surface area contributed by atoms with Crippen molar-refractivity contribution in [2.24, 2.45) is 5.10 Å². The van der Waals surface area contributed by atoms with E-state index < -0.39 is 0 Å². The van der Waals surface area contributed by atoms with E-state index in [2.05, 4.69) is 39.9 Å². The molecule has 0 atom stereocenters. The minimum atomic E-state index is -0.201. The van der Waals surface area contributed by atoms with Gasteiger partial charge >= 0.3 is 0 Å². The molecule has 168 valence electrons. The van der Waals surface area contributed by atoms with Gasteiger partial charge in [0, 0.05) is 5.39 Å². The summed E-state index contributed by atoms with van der Waals surface area (Å²) in [7, 11) is 0. The zero-order valence-corrected chi connectivity index (χ0v) is 19.9. The fourth-order valence-electron chi connectivity index (χ4n) is 4.59. The zero-order chi connectivity index (χ0) is 22.8. The molecule has 33 heavy (non-hydrogen) atoms. The average molecular weight is 457 g/mol. The number of carbonyl (C=O) groups is 1. The first-order valence-corrected chi connectivity index (χ1v) is 12.4. The summed E-state index contributed by atoms with van der Waals surface area (Å²) in [6, 6.07) is 20.5. The minimum absolute atomic E-state index is 0.201. The van der Waals surface area contributed by atoms with Gasteiger partial charge in [0.25, 0.3) is 5.91 Å². The van der Waals surface area contributed by atoms with E-state index in [1.165, 1.54) is 49.0 Å². The Bertz CT molecular complexity index is 1300. The highest BCUT2D eigenvalue weighted by Gasteiger charge is 2.18. The van der Waals surface area contributed by atoms with E-state index in [1.54, 1.807) is 0 Å². The lowest BCUT2D eigenvalue weighted by Crippen LogP contribution is -2.18. The molecular formula is C27H28N4OS. The van der Waals surface area contributed by atoms with Gasteiger partial charge in [-0.05, 0) is 61.9 Å². The number of hydrogen-bond acceptors (Lipinski definition) is 4. The number of fused-ring (bicyclic) bond motifs is 1. The van der Waals surface area contributed by atoms with Crippen molar-refractivity contribution < 1.29 is 4.79 Å². The number of amides is 1. The van der Waals surface area contributed by atoms with Crippen LogP contribution in [0.4, 0.5) is 0 Å². The van der Waals surface area contributed by atoms with Crippen LogP contribution in [0.2, 0.25) is 0 Å². The summed E-state index contributed by atoms with van der Waals surface area (Å²) in [5, 5.41) is 10.0. The van der Waals surface area contributed by atoms with Gasteiger partial charge in [-0.2, -0.15) is 10.2 Å². The van der Waals surface area contributed by atoms with Crippen LogP contribution in [0.1, 0.15) is 71.4 Å². The number of hydrazone groups is 1. The first-order valence-electron chi connectivity index (χ1n) is 11.6. The second kappa shape index (κ2) is 9.32. The normalized spacial score (nSPS) is 15.2. The number of nitrogens with zero attached hydrogens (tertiary/aromatic N) is 3. The van der Waals surface area contributed by atoms with Crippen LogP contribution in [0.3, 0.4) is 0 Å². The van der Waals surface area contributed by atoms with Crippen molar-refractivity contribution in [2.45, 2.75) is 51.9 Å². The Morgan fingerprint density at radius 1 is 1.06 bits per heavy atom. The SMILES string of the molecule is CC(=NNC(=O)c1cc2c(C)nn(-c3ccccc3)c2s1)c1ccc(C2CCCCC2)cc1. The lowest BCUT2D eigenvalue weighted by Gasteiger charge is -2.22. The highest BCUT2D eigenvalue weighted by molar-refractivity contribution is 7.20. The van der Waals surface area contributed by atoms with Crippen LogP contribution in [-0.4, -0.2) is 21.4 Å². The van der Waals surface area contributed by atoms with E-state index in [1.807, 2.05) is 54.9 Å². The van der Waals surface area contributed by atoms with Gasteiger partial charge in [0.1, 0.15) is 4.83 Å². The number of hydrogen-bond donors (Lipinski definition) is 1. The van der Waals surface area contributed by atoms with E-state index in [0.29, 0.717) is 10.8 Å². The van der Waals surface area contributed by atoms with Crippen LogP contribution in [0, 0.1) is 6.92 Å². The van der Waals surface area contributed by atoms with Crippen molar-refractivity contribution in [1.82, 2.24) is 15.2 Å². The third kappa shape index (κ3) is 4.48. The van der Waals surface area contributed by atoms with Crippen molar-refractivity contribution in [1.29, 1.82) is 0 Å². The van der Waals surface area contributed by atoms with Crippen LogP contribution in [0.15, 0.2) is 65.8 Å². The average Bonchev–Trinajstić information content (AvgIpc) is 3.44. The highest BCUT2D eigenvalue weighted by Crippen LogP contribution is 2.33. The summed E-state index contributed by atoms with van der Waals surface area (Å²) in [6.45, 7) is 3.90. The van der Waals surface area contributed by atoms with E-state index in [9.17, 15) is 4.79 Å². The smallest absolute Gasteiger partial charge is 0.266 e. The number of thiophene rings is 1. The zero-order valence-electron chi connectivity index (χ0n) is 19.0. The number of nitrogens with one attached hydrogen (secondary N) is 1. The Kier molecular flexibility index (Phi) is 6.09. The number of aromatic nitrogens is 2. The summed E-state index contributed by atoms with van der Waals surface area (Å²) < 4.78 is 1.90. The molecule has 5 rings (SSSR count). The number of rotatable bonds is 5. The summed E-state index contributed by atoms with van der Waals surface area (Å²) in [4.78, 5) is 14.4. The third-order valence-corrected chi connectivity index (χ3v) is 7.61. The lowest BCUT2D eigenvalue weighted by molar-refractivity contribution is 0.0959. The van der Waals surface area contributed by atoms with Gasteiger partial charge < -0.3 is 0 Å². The number of para-hydroxylation sites is 1. The van der Waals surface area contributed by atoms with Crippen LogP contribution in [-0.2, 0) is 0 Å². The molecule has 2 aromatic carbocycles. The molecule has 0 unspecified atom stereocenters. The molecule has 5 nitrogen and oxygen atoms in total. The van der Waals surface area contributed by atoms with Crippen LogP contribution < -0.4 is 5.43 Å². The molecule has 1 saturated carbocycles. The van der Waals surface area contributed by atoms with Crippen molar-refractivity contribution in [3.63, 3.8) is 0 Å². The maximum atomic E-state index is 12.8. The molecule has 0 saturated heterocycles. The molecule has 0 bridgehead atoms. The highest BCUT2D eigenvalue weighted by atomic mass is 32.1. The predicted molar refractivity (Wildman–Crippen MR) is 136 cm³/mol. The molecule has 0 aliphatic heterocycles. The van der Waals surface area contributed by atoms with Crippen molar-refractivity contribution >= 4 is 33.2 Å². The Hall–Kier alpha value is -3.25. The van der Waals surface area contributed by atoms with Crippen molar-refractivity contribution in [3.05, 3.63) is 82.4 Å². The van der Waals surface area contributed by atoms with E-state index in [0.717, 1.165) is 32.9 Å². The summed E-state index contributed by atoms with van der Waals surface area (Å²) in [6.07, 6.45) is 6.61. The Labute approximate surface area is 198 Å². The molecule has 2 aromatic heterocycles. The largest absolute Gasteiger partial charge is 0.281 e. The van der Waals surface area contributed by atoms with Crippen LogP contribution in [0.25, 0.3) is 15.9 Å². The molecule has 2 heterocycles. The fraction of sp³-hybridized carbons (Fsp3) is 0.296. The first kappa shape index (κ1) is 21.6. The van der Waals surface area contributed by atoms with Crippen molar-refractivity contribution in [3.8, 4) is 5.69 Å². The number of benzene rings is 2. The van der Waals surface area contributed by atoms with E-state index in [-0.39, 0.29) is 5.91 Å². The molecule has 1 aliphatic carbocycles. The molecule has 1 amide bonds. The summed E-state index contributed by atoms with van der Waals surface area (Å²) in [5.74, 6) is 0.487. The second-order valence-corrected chi connectivity index (χ2v) is 9.79. The van der Waals surface area contributed by atoms with Crippen molar-refractivity contribution in [2.75, 3.05) is 0 Å². The maximum absolute atomic E-state index is 12.8. The predicted octanol–water partition coefficient (Wildman–Crippen LogP) is 6.60. The molecule has 1 N–H and O–H groups in total. The van der Waals surface area contributed by atoms with Gasteiger partial charge in [0.2, 0.25) is 0 Å². The Balaban J connectivity index is 1.31. The molecule has 6 heteroatoms. The first-order chi connectivity index (χ1) is 16.1. The molecule has 0 spiro atoms. The fourth-order valence-corrected chi connectivity index (χ4v) is 5.66. The monoisotopic (exact) mass is 456 g/mol. The summed E-state index contributed by atoms with van der Waals surface area (Å²) >= 11 is 1.43. The van der Waals surface area contributed by atoms with Gasteiger partial charge in [-0.25, -0.2) is 10.1 Å². The maximum Gasteiger partial charge on any atom is 0.281 e. The lowest BCUT2D eigenvalue weighted by atomic mass is 9.84. The Morgan fingerprint density at radius 2 is 1.79 bits per heavy atom. The van der Waals surface area contributed by atoms with Crippen LogP contribution in [0.5, 0.6) is 0 Å². The topological polar surface area (TPSA) is 59.3 Å². The summed E-state index contributed by atoms with van der Waals surface area (Å²) in [5.41, 5.74) is 7.87. The van der Waals surface area contributed by atoms with Gasteiger partial charge in [0.05, 0.1) is 22.0 Å². The van der Waals surface area contributed by atoms with Gasteiger partial charge in [-0.1, -0.05) is 61.7 Å². The molecular weight excluding hydrogens is 428 g/mol. The van der Waals surface area contributed by atoms with Gasteiger partial charge in [0.15, 0.2) is 0 Å². The molecule has 1 aliphatic rings. The Morgan fingerprint density at radius 3 is 2.52 bits per heavy atom. The molecule has 1 fully saturated rings. The van der Waals surface area contributed by atoms with Crippen LogP contribution >= 0.6 is 11.3 Å².